The molecule has 0 radical (unpaired) electrons. The first-order valence-corrected chi connectivity index (χ1v) is 7.28. The molecule has 0 aromatic heterocycles. The van der Waals surface area contributed by atoms with Crippen LogP contribution in [0.1, 0.15) is 12.8 Å². The van der Waals surface area contributed by atoms with Gasteiger partial charge in [0.1, 0.15) is 0 Å². The molecule has 1 heterocycles. The molecule has 0 spiro atoms. The lowest BCUT2D eigenvalue weighted by Gasteiger charge is -2.30. The van der Waals surface area contributed by atoms with Gasteiger partial charge in [-0.25, -0.2) is 0 Å². The van der Waals surface area contributed by atoms with Crippen molar-refractivity contribution >= 4 is 7.14 Å². The Bertz CT molecular complexity index is 181. The highest BCUT2D eigenvalue weighted by atomic mass is 31.2. The Hall–Kier alpha value is 0.150. The van der Waals surface area contributed by atoms with Gasteiger partial charge in [0.25, 0.3) is 0 Å². The second kappa shape index (κ2) is 3.91. The average Bonchev–Trinajstić information content (AvgIpc) is 1.91. The van der Waals surface area contributed by atoms with Gasteiger partial charge >= 0.3 is 0 Å². The average molecular weight is 190 g/mol. The van der Waals surface area contributed by atoms with Gasteiger partial charge in [-0.1, -0.05) is 0 Å². The highest BCUT2D eigenvalue weighted by Gasteiger charge is 2.19. The Morgan fingerprint density at radius 2 is 1.92 bits per heavy atom. The summed E-state index contributed by atoms with van der Waals surface area (Å²) < 4.78 is 11.5. The van der Waals surface area contributed by atoms with Gasteiger partial charge in [-0.05, 0) is 26.2 Å². The van der Waals surface area contributed by atoms with Gasteiger partial charge in [0.2, 0.25) is 0 Å². The first kappa shape index (κ1) is 10.2. The summed E-state index contributed by atoms with van der Waals surface area (Å²) in [4.78, 5) is 2.27. The second-order valence-electron chi connectivity index (χ2n) is 4.17. The smallest absolute Gasteiger partial charge is 0.0951 e. The topological polar surface area (TPSA) is 46.3 Å². The minimum absolute atomic E-state index is 0.370. The van der Waals surface area contributed by atoms with Crippen LogP contribution in [0, 0.1) is 0 Å². The zero-order valence-corrected chi connectivity index (χ0v) is 8.89. The van der Waals surface area contributed by atoms with Gasteiger partial charge in [0, 0.05) is 19.1 Å². The van der Waals surface area contributed by atoms with Crippen molar-refractivity contribution < 1.29 is 4.57 Å². The fourth-order valence-corrected chi connectivity index (χ4v) is 2.82. The molecular formula is C8H19N2OP. The Morgan fingerprint density at radius 1 is 1.42 bits per heavy atom. The summed E-state index contributed by atoms with van der Waals surface area (Å²) in [5.74, 6) is 0. The molecule has 0 aliphatic carbocycles. The predicted octanol–water partition coefficient (Wildman–Crippen LogP) is 0.990. The van der Waals surface area contributed by atoms with Crippen LogP contribution in [0.5, 0.6) is 0 Å². The highest BCUT2D eigenvalue weighted by Crippen LogP contribution is 2.37. The van der Waals surface area contributed by atoms with E-state index in [1.54, 1.807) is 0 Å². The lowest BCUT2D eigenvalue weighted by Crippen LogP contribution is -2.39. The quantitative estimate of drug-likeness (QED) is 0.660. The van der Waals surface area contributed by atoms with Crippen LogP contribution < -0.4 is 5.73 Å². The normalized spacial score (nSPS) is 22.9. The molecule has 1 aliphatic rings. The van der Waals surface area contributed by atoms with Crippen LogP contribution in [0.25, 0.3) is 0 Å². The summed E-state index contributed by atoms with van der Waals surface area (Å²) in [6, 6.07) is 0.370. The zero-order chi connectivity index (χ0) is 9.19. The van der Waals surface area contributed by atoms with Crippen molar-refractivity contribution in [2.45, 2.75) is 18.9 Å². The van der Waals surface area contributed by atoms with Crippen LogP contribution in [-0.2, 0) is 4.57 Å². The van der Waals surface area contributed by atoms with Crippen molar-refractivity contribution in [1.82, 2.24) is 4.90 Å². The molecule has 72 valence electrons. The van der Waals surface area contributed by atoms with Crippen LogP contribution in [0.2, 0.25) is 0 Å². The Kier molecular flexibility index (Phi) is 3.33. The van der Waals surface area contributed by atoms with Crippen LogP contribution in [0.4, 0.5) is 0 Å². The fourth-order valence-electron chi connectivity index (χ4n) is 1.58. The molecule has 2 N–H and O–H groups in total. The van der Waals surface area contributed by atoms with Crippen molar-refractivity contribution in [3.63, 3.8) is 0 Å². The summed E-state index contributed by atoms with van der Waals surface area (Å²) in [6.45, 7) is 5.74. The summed E-state index contributed by atoms with van der Waals surface area (Å²) >= 11 is 0. The maximum Gasteiger partial charge on any atom is 0.0951 e. The van der Waals surface area contributed by atoms with E-state index in [9.17, 15) is 4.57 Å². The van der Waals surface area contributed by atoms with Crippen molar-refractivity contribution in [1.29, 1.82) is 0 Å². The summed E-state index contributed by atoms with van der Waals surface area (Å²) in [5, 5.41) is 0. The van der Waals surface area contributed by atoms with E-state index in [0.29, 0.717) is 6.04 Å². The molecule has 0 aromatic rings. The van der Waals surface area contributed by atoms with E-state index >= 15 is 0 Å². The third-order valence-electron chi connectivity index (χ3n) is 2.17. The van der Waals surface area contributed by atoms with Crippen LogP contribution in [0.3, 0.4) is 0 Å². The van der Waals surface area contributed by atoms with E-state index in [4.69, 9.17) is 5.73 Å². The van der Waals surface area contributed by atoms with E-state index < -0.39 is 7.14 Å². The van der Waals surface area contributed by atoms with Crippen molar-refractivity contribution in [3.05, 3.63) is 0 Å². The van der Waals surface area contributed by atoms with E-state index in [0.717, 1.165) is 32.2 Å². The summed E-state index contributed by atoms with van der Waals surface area (Å²) in [5.41, 5.74) is 5.76. The van der Waals surface area contributed by atoms with E-state index in [1.165, 1.54) is 0 Å². The SMILES string of the molecule is CP(C)(=O)CN1CCC(N)CC1. The summed E-state index contributed by atoms with van der Waals surface area (Å²) in [7, 11) is -1.87. The molecular weight excluding hydrogens is 171 g/mol. The highest BCUT2D eigenvalue weighted by molar-refractivity contribution is 7.62. The maximum absolute atomic E-state index is 11.5. The number of hydrogen-bond donors (Lipinski definition) is 1. The molecule has 0 aromatic carbocycles. The third-order valence-corrected chi connectivity index (χ3v) is 3.25. The largest absolute Gasteiger partial charge is 0.328 e. The van der Waals surface area contributed by atoms with Gasteiger partial charge in [-0.15, -0.1) is 0 Å². The standard InChI is InChI=1S/C8H19N2OP/c1-12(2,11)7-10-5-3-8(9)4-6-10/h8H,3-7,9H2,1-2H3. The molecule has 4 heteroatoms. The first-order chi connectivity index (χ1) is 5.47. The molecule has 0 unspecified atom stereocenters. The molecule has 1 aliphatic heterocycles. The van der Waals surface area contributed by atoms with Gasteiger partial charge < -0.3 is 10.3 Å². The Balaban J connectivity index is 2.31. The lowest BCUT2D eigenvalue weighted by molar-refractivity contribution is 0.242. The number of piperidine rings is 1. The minimum Gasteiger partial charge on any atom is -0.328 e. The lowest BCUT2D eigenvalue weighted by atomic mass is 10.1. The van der Waals surface area contributed by atoms with Crippen LogP contribution >= 0.6 is 7.14 Å². The van der Waals surface area contributed by atoms with Crippen molar-refractivity contribution in [2.75, 3.05) is 32.7 Å². The third kappa shape index (κ3) is 3.70. The predicted molar refractivity (Wildman–Crippen MR) is 53.1 cm³/mol. The Labute approximate surface area is 74.7 Å². The molecule has 0 atom stereocenters. The number of rotatable bonds is 2. The maximum atomic E-state index is 11.5. The molecule has 3 nitrogen and oxygen atoms in total. The van der Waals surface area contributed by atoms with Gasteiger partial charge in [-0.2, -0.15) is 0 Å². The van der Waals surface area contributed by atoms with Gasteiger partial charge in [0.05, 0.1) is 13.4 Å². The van der Waals surface area contributed by atoms with Gasteiger partial charge in [0.15, 0.2) is 0 Å². The molecule has 12 heavy (non-hydrogen) atoms. The number of likely N-dealkylation sites (tertiary alicyclic amines) is 1. The zero-order valence-electron chi connectivity index (χ0n) is 7.99. The minimum atomic E-state index is -1.87. The number of nitrogens with two attached hydrogens (primary N) is 1. The van der Waals surface area contributed by atoms with Crippen LogP contribution in [0.15, 0.2) is 0 Å². The molecule has 0 bridgehead atoms. The van der Waals surface area contributed by atoms with Crippen LogP contribution in [-0.4, -0.2) is 43.6 Å². The molecule has 1 saturated heterocycles. The molecule has 1 fully saturated rings. The summed E-state index contributed by atoms with van der Waals surface area (Å²) in [6.07, 6.45) is 2.87. The number of hydrogen-bond acceptors (Lipinski definition) is 3. The molecule has 1 rings (SSSR count). The Morgan fingerprint density at radius 3 is 2.33 bits per heavy atom. The van der Waals surface area contributed by atoms with Gasteiger partial charge in [-0.3, -0.25) is 4.90 Å². The van der Waals surface area contributed by atoms with E-state index in [1.807, 2.05) is 13.3 Å². The molecule has 0 saturated carbocycles. The second-order valence-corrected chi connectivity index (χ2v) is 7.60. The van der Waals surface area contributed by atoms with Crippen molar-refractivity contribution in [3.8, 4) is 0 Å². The fraction of sp³-hybridized carbons (Fsp3) is 1.00. The molecule has 0 amide bonds. The monoisotopic (exact) mass is 190 g/mol. The van der Waals surface area contributed by atoms with E-state index in [2.05, 4.69) is 4.90 Å². The number of nitrogens with zero attached hydrogens (tertiary/aromatic N) is 1. The first-order valence-electron chi connectivity index (χ1n) is 4.49. The van der Waals surface area contributed by atoms with E-state index in [-0.39, 0.29) is 0 Å². The van der Waals surface area contributed by atoms with Crippen molar-refractivity contribution in [2.24, 2.45) is 5.73 Å².